The van der Waals surface area contributed by atoms with E-state index in [1.807, 2.05) is 6.20 Å². The Morgan fingerprint density at radius 3 is 2.76 bits per heavy atom. The predicted molar refractivity (Wildman–Crippen MR) is 89.5 cm³/mol. The molecule has 1 aromatic heterocycles. The summed E-state index contributed by atoms with van der Waals surface area (Å²) in [5.74, 6) is 0.839. The van der Waals surface area contributed by atoms with Gasteiger partial charge in [0, 0.05) is 17.6 Å². The number of nitrogens with zero attached hydrogens (tertiary/aromatic N) is 1. The smallest absolute Gasteiger partial charge is 0.0704 e. The summed E-state index contributed by atoms with van der Waals surface area (Å²) in [5.41, 5.74) is 2.56. The molecule has 1 N–H and O–H groups in total. The molecule has 1 heterocycles. The fourth-order valence-corrected chi connectivity index (χ4v) is 3.77. The van der Waals surface area contributed by atoms with Gasteiger partial charge in [-0.15, -0.1) is 0 Å². The molecule has 3 rings (SSSR count). The molecular weight excluding hydrogens is 256 g/mol. The van der Waals surface area contributed by atoms with Crippen LogP contribution < -0.4 is 5.32 Å². The van der Waals surface area contributed by atoms with Gasteiger partial charge in [-0.05, 0) is 49.4 Å². The Balaban J connectivity index is 1.83. The summed E-state index contributed by atoms with van der Waals surface area (Å²) in [5, 5.41) is 5.06. The van der Waals surface area contributed by atoms with E-state index in [0.29, 0.717) is 6.04 Å². The molecule has 0 bridgehead atoms. The molecule has 0 saturated heterocycles. The Morgan fingerprint density at radius 1 is 1.14 bits per heavy atom. The highest BCUT2D eigenvalue weighted by Gasteiger charge is 2.23. The number of para-hydroxylation sites is 1. The lowest BCUT2D eigenvalue weighted by molar-refractivity contribution is 0.270. The molecule has 1 aliphatic carbocycles. The van der Waals surface area contributed by atoms with Crippen molar-refractivity contribution in [3.8, 4) is 0 Å². The van der Waals surface area contributed by atoms with Crippen molar-refractivity contribution in [3.63, 3.8) is 0 Å². The van der Waals surface area contributed by atoms with Crippen LogP contribution in [0.1, 0.15) is 44.6 Å². The second kappa shape index (κ2) is 7.04. The zero-order valence-corrected chi connectivity index (χ0v) is 13.0. The Hall–Kier alpha value is -1.41. The summed E-state index contributed by atoms with van der Waals surface area (Å²) in [6, 6.07) is 11.3. The minimum Gasteiger partial charge on any atom is -0.314 e. The van der Waals surface area contributed by atoms with Crippen LogP contribution in [0, 0.1) is 5.92 Å². The molecule has 21 heavy (non-hydrogen) atoms. The fourth-order valence-electron chi connectivity index (χ4n) is 3.77. The van der Waals surface area contributed by atoms with Crippen molar-refractivity contribution >= 4 is 10.9 Å². The maximum Gasteiger partial charge on any atom is 0.0704 e. The lowest BCUT2D eigenvalue weighted by atomic mass is 9.81. The predicted octanol–water partition coefficient (Wildman–Crippen LogP) is 4.34. The average Bonchev–Trinajstić information content (AvgIpc) is 2.55. The van der Waals surface area contributed by atoms with Crippen molar-refractivity contribution in [1.82, 2.24) is 10.3 Å². The number of pyridine rings is 1. The van der Waals surface area contributed by atoms with E-state index in [4.69, 9.17) is 0 Å². The summed E-state index contributed by atoms with van der Waals surface area (Å²) >= 11 is 0. The summed E-state index contributed by atoms with van der Waals surface area (Å²) in [6.07, 6.45) is 10.1. The van der Waals surface area contributed by atoms with Crippen molar-refractivity contribution in [1.29, 1.82) is 0 Å². The molecule has 112 valence electrons. The zero-order valence-electron chi connectivity index (χ0n) is 13.0. The molecule has 0 radical (unpaired) electrons. The van der Waals surface area contributed by atoms with Crippen molar-refractivity contribution in [2.75, 3.05) is 6.54 Å². The third kappa shape index (κ3) is 3.44. The molecule has 1 fully saturated rings. The molecule has 0 spiro atoms. The SMILES string of the molecule is CCNC(Cc1ccnc2ccccc12)C1CCCCC1. The van der Waals surface area contributed by atoms with Crippen molar-refractivity contribution < 1.29 is 0 Å². The second-order valence-electron chi connectivity index (χ2n) is 6.25. The number of rotatable bonds is 5. The van der Waals surface area contributed by atoms with Crippen molar-refractivity contribution in [2.24, 2.45) is 5.92 Å². The topological polar surface area (TPSA) is 24.9 Å². The molecule has 0 amide bonds. The first kappa shape index (κ1) is 14.5. The molecule has 1 unspecified atom stereocenters. The number of benzene rings is 1. The second-order valence-corrected chi connectivity index (χ2v) is 6.25. The van der Waals surface area contributed by atoms with E-state index >= 15 is 0 Å². The summed E-state index contributed by atoms with van der Waals surface area (Å²) in [7, 11) is 0. The summed E-state index contributed by atoms with van der Waals surface area (Å²) < 4.78 is 0. The van der Waals surface area contributed by atoms with E-state index < -0.39 is 0 Å². The van der Waals surface area contributed by atoms with Crippen LogP contribution in [0.2, 0.25) is 0 Å². The molecule has 2 heteroatoms. The van der Waals surface area contributed by atoms with Crippen LogP contribution in [0.4, 0.5) is 0 Å². The van der Waals surface area contributed by atoms with E-state index in [-0.39, 0.29) is 0 Å². The summed E-state index contributed by atoms with van der Waals surface area (Å²) in [6.45, 7) is 3.28. The maximum absolute atomic E-state index is 4.49. The Bertz CT molecular complexity index is 567. The summed E-state index contributed by atoms with van der Waals surface area (Å²) in [4.78, 5) is 4.49. The van der Waals surface area contributed by atoms with Crippen molar-refractivity contribution in [2.45, 2.75) is 51.5 Å². The molecular formula is C19H26N2. The highest BCUT2D eigenvalue weighted by molar-refractivity contribution is 5.81. The van der Waals surface area contributed by atoms with Gasteiger partial charge >= 0.3 is 0 Å². The zero-order chi connectivity index (χ0) is 14.5. The molecule has 1 saturated carbocycles. The van der Waals surface area contributed by atoms with Gasteiger partial charge in [0.2, 0.25) is 0 Å². The maximum atomic E-state index is 4.49. The molecule has 1 atom stereocenters. The van der Waals surface area contributed by atoms with Crippen LogP contribution in [0.25, 0.3) is 10.9 Å². The quantitative estimate of drug-likeness (QED) is 0.882. The number of likely N-dealkylation sites (N-methyl/N-ethyl adjacent to an activating group) is 1. The first-order valence-electron chi connectivity index (χ1n) is 8.44. The molecule has 2 aromatic rings. The number of fused-ring (bicyclic) bond motifs is 1. The Kier molecular flexibility index (Phi) is 4.87. The largest absolute Gasteiger partial charge is 0.314 e. The van der Waals surface area contributed by atoms with E-state index in [1.54, 1.807) is 0 Å². The highest BCUT2D eigenvalue weighted by atomic mass is 14.9. The monoisotopic (exact) mass is 282 g/mol. The minimum absolute atomic E-state index is 0.612. The molecule has 0 aliphatic heterocycles. The van der Waals surface area contributed by atoms with Gasteiger partial charge in [0.15, 0.2) is 0 Å². The van der Waals surface area contributed by atoms with E-state index in [2.05, 4.69) is 47.6 Å². The van der Waals surface area contributed by atoms with Crippen LogP contribution in [-0.4, -0.2) is 17.6 Å². The van der Waals surface area contributed by atoms with Crippen molar-refractivity contribution in [3.05, 3.63) is 42.1 Å². The van der Waals surface area contributed by atoms with Crippen LogP contribution in [-0.2, 0) is 6.42 Å². The van der Waals surface area contributed by atoms with E-state index in [9.17, 15) is 0 Å². The van der Waals surface area contributed by atoms with Gasteiger partial charge in [-0.2, -0.15) is 0 Å². The lowest BCUT2D eigenvalue weighted by Crippen LogP contribution is -2.39. The van der Waals surface area contributed by atoms with Gasteiger partial charge < -0.3 is 5.32 Å². The highest BCUT2D eigenvalue weighted by Crippen LogP contribution is 2.29. The third-order valence-corrected chi connectivity index (χ3v) is 4.86. The van der Waals surface area contributed by atoms with Gasteiger partial charge in [-0.25, -0.2) is 0 Å². The number of aromatic nitrogens is 1. The minimum atomic E-state index is 0.612. The van der Waals surface area contributed by atoms with Gasteiger partial charge in [0.1, 0.15) is 0 Å². The Labute approximate surface area is 128 Å². The third-order valence-electron chi connectivity index (χ3n) is 4.86. The number of hydrogen-bond donors (Lipinski definition) is 1. The first-order chi connectivity index (χ1) is 10.4. The van der Waals surface area contributed by atoms with Crippen LogP contribution in [0.15, 0.2) is 36.5 Å². The van der Waals surface area contributed by atoms with Crippen LogP contribution >= 0.6 is 0 Å². The number of nitrogens with one attached hydrogen (secondary N) is 1. The lowest BCUT2D eigenvalue weighted by Gasteiger charge is -2.31. The standard InChI is InChI=1S/C19H26N2/c1-2-20-19(15-8-4-3-5-9-15)14-16-12-13-21-18-11-7-6-10-17(16)18/h6-7,10-13,15,19-20H,2-5,8-9,14H2,1H3. The van der Waals surface area contributed by atoms with Gasteiger partial charge in [0.05, 0.1) is 5.52 Å². The fraction of sp³-hybridized carbons (Fsp3) is 0.526. The van der Waals surface area contributed by atoms with Gasteiger partial charge in [-0.3, -0.25) is 4.98 Å². The molecule has 1 aromatic carbocycles. The van der Waals surface area contributed by atoms with Crippen LogP contribution in [0.3, 0.4) is 0 Å². The van der Waals surface area contributed by atoms with Gasteiger partial charge in [0.25, 0.3) is 0 Å². The molecule has 2 nitrogen and oxygen atoms in total. The number of hydrogen-bond acceptors (Lipinski definition) is 2. The van der Waals surface area contributed by atoms with Gasteiger partial charge in [-0.1, -0.05) is 44.4 Å². The normalized spacial score (nSPS) is 18.0. The Morgan fingerprint density at radius 2 is 1.95 bits per heavy atom. The van der Waals surface area contributed by atoms with Crippen LogP contribution in [0.5, 0.6) is 0 Å². The first-order valence-corrected chi connectivity index (χ1v) is 8.44. The van der Waals surface area contributed by atoms with E-state index in [1.165, 1.54) is 43.1 Å². The average molecular weight is 282 g/mol. The van der Waals surface area contributed by atoms with E-state index in [0.717, 1.165) is 24.4 Å². The molecule has 1 aliphatic rings.